The van der Waals surface area contributed by atoms with Gasteiger partial charge in [0.05, 0.1) is 19.0 Å². The molecule has 3 aliphatic heterocycles. The number of hydrogen-bond acceptors (Lipinski definition) is 6. The van der Waals surface area contributed by atoms with Crippen molar-refractivity contribution in [3.63, 3.8) is 0 Å². The van der Waals surface area contributed by atoms with Crippen molar-refractivity contribution in [2.45, 2.75) is 6.04 Å². The summed E-state index contributed by atoms with van der Waals surface area (Å²) >= 11 is 0. The van der Waals surface area contributed by atoms with Gasteiger partial charge in [0.2, 0.25) is 0 Å². The lowest BCUT2D eigenvalue weighted by atomic mass is 9.92. The van der Waals surface area contributed by atoms with Crippen LogP contribution in [0.15, 0.2) is 29.3 Å². The maximum absolute atomic E-state index is 12.7. The first-order valence-corrected chi connectivity index (χ1v) is 8.04. The average molecular weight is 329 g/mol. The van der Waals surface area contributed by atoms with Gasteiger partial charge in [0.15, 0.2) is 11.7 Å². The van der Waals surface area contributed by atoms with Crippen molar-refractivity contribution in [1.29, 1.82) is 0 Å². The summed E-state index contributed by atoms with van der Waals surface area (Å²) in [5, 5.41) is 9.61. The number of amidine groups is 1. The van der Waals surface area contributed by atoms with E-state index in [1.54, 1.807) is 24.3 Å². The molecule has 1 aromatic rings. The van der Waals surface area contributed by atoms with Crippen LogP contribution >= 0.6 is 0 Å². The van der Waals surface area contributed by atoms with Gasteiger partial charge >= 0.3 is 5.97 Å². The molecule has 3 unspecified atom stereocenters. The summed E-state index contributed by atoms with van der Waals surface area (Å²) in [5.41, 5.74) is 0.931. The number of hydrogen-bond donors (Lipinski definition) is 1. The first-order valence-electron chi connectivity index (χ1n) is 8.04. The summed E-state index contributed by atoms with van der Waals surface area (Å²) in [6, 6.07) is 7.22. The van der Waals surface area contributed by atoms with Crippen LogP contribution in [0.25, 0.3) is 0 Å². The van der Waals surface area contributed by atoms with Gasteiger partial charge in [-0.3, -0.25) is 14.5 Å². The van der Waals surface area contributed by atoms with Gasteiger partial charge in [-0.25, -0.2) is 4.99 Å². The van der Waals surface area contributed by atoms with Crippen molar-refractivity contribution in [1.82, 2.24) is 9.80 Å². The Hall–Kier alpha value is -2.25. The zero-order valence-corrected chi connectivity index (χ0v) is 13.4. The van der Waals surface area contributed by atoms with Crippen molar-refractivity contribution in [3.8, 4) is 0 Å². The molecule has 1 N–H and O–H groups in total. The lowest BCUT2D eigenvalue weighted by molar-refractivity contribution is -0.138. The van der Waals surface area contributed by atoms with Crippen LogP contribution in [-0.4, -0.2) is 72.0 Å². The van der Waals surface area contributed by atoms with Gasteiger partial charge in [-0.15, -0.1) is 0 Å². The van der Waals surface area contributed by atoms with Crippen LogP contribution in [0.1, 0.15) is 10.4 Å². The van der Waals surface area contributed by atoms with Crippen LogP contribution in [0, 0.1) is 11.8 Å². The van der Waals surface area contributed by atoms with E-state index in [1.165, 1.54) is 0 Å². The van der Waals surface area contributed by atoms with E-state index in [0.717, 1.165) is 0 Å². The van der Waals surface area contributed by atoms with Gasteiger partial charge in [0.1, 0.15) is 5.84 Å². The molecule has 7 nitrogen and oxygen atoms in total. The molecule has 24 heavy (non-hydrogen) atoms. The number of carbonyl (C=O) groups excluding carboxylic acids is 1. The molecule has 0 amide bonds. The summed E-state index contributed by atoms with van der Waals surface area (Å²) in [7, 11) is 2.00. The van der Waals surface area contributed by atoms with Gasteiger partial charge < -0.3 is 14.7 Å². The number of para-hydroxylation sites is 1. The Labute approximate surface area is 139 Å². The van der Waals surface area contributed by atoms with Gasteiger partial charge in [0.25, 0.3) is 0 Å². The summed E-state index contributed by atoms with van der Waals surface area (Å²) < 4.78 is 5.56. The molecule has 2 saturated heterocycles. The number of likely N-dealkylation sites (N-methyl/N-ethyl adjacent to an activating group) is 1. The van der Waals surface area contributed by atoms with Gasteiger partial charge in [-0.2, -0.15) is 0 Å². The third kappa shape index (κ3) is 2.32. The largest absolute Gasteiger partial charge is 0.480 e. The molecule has 3 atom stereocenters. The fraction of sp³-hybridized carbons (Fsp3) is 0.471. The van der Waals surface area contributed by atoms with Crippen molar-refractivity contribution >= 4 is 23.3 Å². The number of benzene rings is 1. The standard InChI is InChI=1S/C17H19N3O4/c1-19-9-24-8-10-6-20(7-13(10)19)16-14(17(22)23)15(21)11-4-2-3-5-12(11)18-16/h2-5,10,13-14H,6-9H2,1H3,(H,22,23). The molecular formula is C17H19N3O4. The molecule has 2 fully saturated rings. The topological polar surface area (TPSA) is 82.4 Å². The highest BCUT2D eigenvalue weighted by Gasteiger charge is 2.45. The van der Waals surface area contributed by atoms with Crippen molar-refractivity contribution < 1.29 is 19.4 Å². The molecule has 3 aliphatic rings. The third-order valence-corrected chi connectivity index (χ3v) is 5.10. The molecular weight excluding hydrogens is 310 g/mol. The quantitative estimate of drug-likeness (QED) is 0.769. The number of ether oxygens (including phenoxy) is 1. The molecule has 0 aliphatic carbocycles. The highest BCUT2D eigenvalue weighted by atomic mass is 16.5. The number of aliphatic imine (C=N–C) groups is 1. The minimum absolute atomic E-state index is 0.295. The Balaban J connectivity index is 1.71. The van der Waals surface area contributed by atoms with Gasteiger partial charge in [0, 0.05) is 30.6 Å². The van der Waals surface area contributed by atoms with E-state index in [2.05, 4.69) is 9.89 Å². The lowest BCUT2D eigenvalue weighted by Crippen LogP contribution is -2.46. The van der Waals surface area contributed by atoms with Crippen LogP contribution in [0.2, 0.25) is 0 Å². The zero-order valence-electron chi connectivity index (χ0n) is 13.4. The molecule has 126 valence electrons. The minimum Gasteiger partial charge on any atom is -0.480 e. The SMILES string of the molecule is CN1COCC2CN(C3=Nc4ccccc4C(=O)C3C(=O)O)CC21. The van der Waals surface area contributed by atoms with Crippen molar-refractivity contribution in [2.24, 2.45) is 16.8 Å². The highest BCUT2D eigenvalue weighted by molar-refractivity contribution is 6.26. The maximum Gasteiger partial charge on any atom is 0.322 e. The first-order chi connectivity index (χ1) is 11.6. The van der Waals surface area contributed by atoms with E-state index in [1.807, 2.05) is 11.9 Å². The number of Topliss-reactive ketones (excluding diaryl/α,β-unsaturated/α-hetero) is 1. The number of ketones is 1. The molecule has 7 heteroatoms. The number of carbonyl (C=O) groups is 2. The monoisotopic (exact) mass is 329 g/mol. The van der Waals surface area contributed by atoms with Crippen molar-refractivity contribution in [3.05, 3.63) is 29.8 Å². The van der Waals surface area contributed by atoms with Crippen molar-refractivity contribution in [2.75, 3.05) is 33.5 Å². The van der Waals surface area contributed by atoms with E-state index in [4.69, 9.17) is 4.74 Å². The van der Waals surface area contributed by atoms with Crippen LogP contribution in [0.5, 0.6) is 0 Å². The van der Waals surface area contributed by atoms with Gasteiger partial charge in [-0.05, 0) is 19.2 Å². The molecule has 4 rings (SSSR count). The predicted octanol–water partition coefficient (Wildman–Crippen LogP) is 0.834. The Morgan fingerprint density at radius 2 is 2.12 bits per heavy atom. The normalized spacial score (nSPS) is 29.9. The predicted molar refractivity (Wildman–Crippen MR) is 86.4 cm³/mol. The second-order valence-electron chi connectivity index (χ2n) is 6.61. The Kier molecular flexibility index (Phi) is 3.62. The van der Waals surface area contributed by atoms with E-state index in [9.17, 15) is 14.7 Å². The van der Waals surface area contributed by atoms with E-state index >= 15 is 0 Å². The molecule has 1 aromatic carbocycles. The number of likely N-dealkylation sites (tertiary alicyclic amines) is 1. The number of nitrogens with zero attached hydrogens (tertiary/aromatic N) is 3. The fourth-order valence-corrected chi connectivity index (χ4v) is 3.86. The molecule has 0 aromatic heterocycles. The number of aliphatic carboxylic acids is 1. The van der Waals surface area contributed by atoms with Gasteiger partial charge in [-0.1, -0.05) is 12.1 Å². The lowest BCUT2D eigenvalue weighted by Gasteiger charge is -2.33. The molecule has 0 bridgehead atoms. The molecule has 0 spiro atoms. The number of rotatable bonds is 1. The van der Waals surface area contributed by atoms with Crippen LogP contribution < -0.4 is 0 Å². The summed E-state index contributed by atoms with van der Waals surface area (Å²) in [6.07, 6.45) is 0. The highest BCUT2D eigenvalue weighted by Crippen LogP contribution is 2.33. The smallest absolute Gasteiger partial charge is 0.322 e. The summed E-state index contributed by atoms with van der Waals surface area (Å²) in [5.74, 6) is -2.11. The van der Waals surface area contributed by atoms with Crippen LogP contribution in [-0.2, 0) is 9.53 Å². The van der Waals surface area contributed by atoms with E-state index in [-0.39, 0.29) is 5.78 Å². The maximum atomic E-state index is 12.7. The first kappa shape index (κ1) is 15.3. The Bertz CT molecular complexity index is 732. The fourth-order valence-electron chi connectivity index (χ4n) is 3.86. The van der Waals surface area contributed by atoms with E-state index in [0.29, 0.717) is 55.5 Å². The minimum atomic E-state index is -1.23. The van der Waals surface area contributed by atoms with Crippen LogP contribution in [0.3, 0.4) is 0 Å². The van der Waals surface area contributed by atoms with E-state index < -0.39 is 11.9 Å². The molecule has 0 radical (unpaired) electrons. The Morgan fingerprint density at radius 1 is 1.33 bits per heavy atom. The average Bonchev–Trinajstić information content (AvgIpc) is 3.00. The zero-order chi connectivity index (χ0) is 16.8. The second-order valence-corrected chi connectivity index (χ2v) is 6.61. The third-order valence-electron chi connectivity index (χ3n) is 5.10. The number of fused-ring (bicyclic) bond motifs is 2. The second kappa shape index (κ2) is 5.68. The summed E-state index contributed by atoms with van der Waals surface area (Å²) in [6.45, 7) is 2.56. The number of carboxylic acid groups (broad SMARTS) is 1. The molecule has 3 heterocycles. The summed E-state index contributed by atoms with van der Waals surface area (Å²) in [4.78, 5) is 33.1. The Morgan fingerprint density at radius 3 is 2.88 bits per heavy atom. The number of carboxylic acids is 1. The molecule has 0 saturated carbocycles. The van der Waals surface area contributed by atoms with Crippen LogP contribution in [0.4, 0.5) is 5.69 Å².